The standard InChI is InChI=1S/C13H20N2O3S/c1-2-8-19-9-5-14-13(18)15-6-3-11(4-7-15)10-12(16)17/h1,11H,3-10H2,(H,14,18)(H,16,17). The topological polar surface area (TPSA) is 69.6 Å². The van der Waals surface area contributed by atoms with E-state index in [2.05, 4.69) is 11.2 Å². The number of amides is 2. The number of hydrogen-bond acceptors (Lipinski definition) is 3. The fourth-order valence-electron chi connectivity index (χ4n) is 2.06. The van der Waals surface area contributed by atoms with E-state index in [0.717, 1.165) is 18.6 Å². The van der Waals surface area contributed by atoms with Crippen molar-refractivity contribution in [2.75, 3.05) is 31.1 Å². The van der Waals surface area contributed by atoms with Gasteiger partial charge in [0.25, 0.3) is 0 Å². The van der Waals surface area contributed by atoms with E-state index in [0.29, 0.717) is 25.4 Å². The molecule has 0 unspecified atom stereocenters. The van der Waals surface area contributed by atoms with Gasteiger partial charge in [-0.05, 0) is 18.8 Å². The van der Waals surface area contributed by atoms with E-state index < -0.39 is 5.97 Å². The van der Waals surface area contributed by atoms with Crippen molar-refractivity contribution >= 4 is 23.8 Å². The van der Waals surface area contributed by atoms with Crippen molar-refractivity contribution in [3.05, 3.63) is 0 Å². The summed E-state index contributed by atoms with van der Waals surface area (Å²) in [6, 6.07) is -0.0601. The normalized spacial score (nSPS) is 15.8. The number of aliphatic carboxylic acids is 1. The third-order valence-corrected chi connectivity index (χ3v) is 3.94. The van der Waals surface area contributed by atoms with Crippen LogP contribution in [-0.4, -0.2) is 53.1 Å². The molecule has 0 aromatic rings. The molecule has 2 N–H and O–H groups in total. The Morgan fingerprint density at radius 2 is 2.11 bits per heavy atom. The van der Waals surface area contributed by atoms with Gasteiger partial charge in [0.1, 0.15) is 0 Å². The fraction of sp³-hybridized carbons (Fsp3) is 0.692. The van der Waals surface area contributed by atoms with Gasteiger partial charge in [-0.1, -0.05) is 5.92 Å². The molecule has 1 heterocycles. The maximum atomic E-state index is 11.8. The fourth-order valence-corrected chi connectivity index (χ4v) is 2.57. The summed E-state index contributed by atoms with van der Waals surface area (Å²) in [7, 11) is 0. The van der Waals surface area contributed by atoms with Crippen LogP contribution >= 0.6 is 11.8 Å². The average Bonchev–Trinajstić information content (AvgIpc) is 2.38. The number of carbonyl (C=O) groups excluding carboxylic acids is 1. The number of thioether (sulfide) groups is 1. The Labute approximate surface area is 118 Å². The highest BCUT2D eigenvalue weighted by atomic mass is 32.2. The van der Waals surface area contributed by atoms with Crippen LogP contribution in [0.3, 0.4) is 0 Å². The highest BCUT2D eigenvalue weighted by Gasteiger charge is 2.23. The quantitative estimate of drug-likeness (QED) is 0.569. The second-order valence-electron chi connectivity index (χ2n) is 4.52. The molecule has 19 heavy (non-hydrogen) atoms. The van der Waals surface area contributed by atoms with E-state index in [1.54, 1.807) is 16.7 Å². The molecule has 0 saturated carbocycles. The van der Waals surface area contributed by atoms with Crippen LogP contribution in [0.2, 0.25) is 0 Å². The molecule has 1 rings (SSSR count). The van der Waals surface area contributed by atoms with Crippen LogP contribution in [0.15, 0.2) is 0 Å². The van der Waals surface area contributed by atoms with E-state index in [1.165, 1.54) is 0 Å². The number of terminal acetylenes is 1. The monoisotopic (exact) mass is 284 g/mol. The third kappa shape index (κ3) is 6.39. The lowest BCUT2D eigenvalue weighted by atomic mass is 9.94. The molecule has 0 aromatic carbocycles. The Hall–Kier alpha value is -1.35. The zero-order valence-electron chi connectivity index (χ0n) is 10.9. The van der Waals surface area contributed by atoms with Gasteiger partial charge in [0.05, 0.1) is 5.75 Å². The Kier molecular flexibility index (Phi) is 7.19. The summed E-state index contributed by atoms with van der Waals surface area (Å²) >= 11 is 1.61. The van der Waals surface area contributed by atoms with Crippen molar-refractivity contribution < 1.29 is 14.7 Å². The van der Waals surface area contributed by atoms with Gasteiger partial charge in [-0.15, -0.1) is 18.2 Å². The molecule has 1 fully saturated rings. The Morgan fingerprint density at radius 3 is 2.68 bits per heavy atom. The van der Waals surface area contributed by atoms with Crippen molar-refractivity contribution in [2.45, 2.75) is 19.3 Å². The van der Waals surface area contributed by atoms with Crippen LogP contribution in [0.1, 0.15) is 19.3 Å². The van der Waals surface area contributed by atoms with Crippen LogP contribution in [0, 0.1) is 18.3 Å². The molecule has 0 radical (unpaired) electrons. The van der Waals surface area contributed by atoms with Gasteiger partial charge in [0.15, 0.2) is 0 Å². The number of urea groups is 1. The van der Waals surface area contributed by atoms with Crippen molar-refractivity contribution in [1.82, 2.24) is 10.2 Å². The molecule has 5 nitrogen and oxygen atoms in total. The number of carboxylic acid groups (broad SMARTS) is 1. The van der Waals surface area contributed by atoms with Crippen molar-refractivity contribution in [2.24, 2.45) is 5.92 Å². The lowest BCUT2D eigenvalue weighted by Crippen LogP contribution is -2.45. The van der Waals surface area contributed by atoms with Crippen LogP contribution in [-0.2, 0) is 4.79 Å². The summed E-state index contributed by atoms with van der Waals surface area (Å²) in [5.41, 5.74) is 0. The molecule has 0 aliphatic carbocycles. The molecule has 6 heteroatoms. The Morgan fingerprint density at radius 1 is 1.42 bits per heavy atom. The number of likely N-dealkylation sites (tertiary alicyclic amines) is 1. The first-order chi connectivity index (χ1) is 9.13. The molecular formula is C13H20N2O3S. The lowest BCUT2D eigenvalue weighted by molar-refractivity contribution is -0.138. The van der Waals surface area contributed by atoms with Crippen LogP contribution in [0.5, 0.6) is 0 Å². The average molecular weight is 284 g/mol. The number of carbonyl (C=O) groups is 2. The van der Waals surface area contributed by atoms with E-state index in [9.17, 15) is 9.59 Å². The van der Waals surface area contributed by atoms with Gasteiger partial charge in [-0.2, -0.15) is 0 Å². The smallest absolute Gasteiger partial charge is 0.317 e. The van der Waals surface area contributed by atoms with Gasteiger partial charge in [0, 0.05) is 31.8 Å². The highest BCUT2D eigenvalue weighted by Crippen LogP contribution is 2.20. The number of nitrogens with zero attached hydrogens (tertiary/aromatic N) is 1. The summed E-state index contributed by atoms with van der Waals surface area (Å²) in [5, 5.41) is 11.6. The van der Waals surface area contributed by atoms with Crippen LogP contribution < -0.4 is 5.32 Å². The van der Waals surface area contributed by atoms with E-state index in [4.69, 9.17) is 11.5 Å². The predicted molar refractivity (Wildman–Crippen MR) is 76.1 cm³/mol. The van der Waals surface area contributed by atoms with Crippen LogP contribution in [0.25, 0.3) is 0 Å². The molecule has 0 atom stereocenters. The van der Waals surface area contributed by atoms with Gasteiger partial charge in [-0.25, -0.2) is 4.79 Å². The minimum Gasteiger partial charge on any atom is -0.481 e. The maximum Gasteiger partial charge on any atom is 0.317 e. The van der Waals surface area contributed by atoms with Gasteiger partial charge < -0.3 is 15.3 Å². The second kappa shape index (κ2) is 8.70. The molecule has 0 bridgehead atoms. The highest BCUT2D eigenvalue weighted by molar-refractivity contribution is 7.99. The van der Waals surface area contributed by atoms with Gasteiger partial charge in [0.2, 0.25) is 0 Å². The third-order valence-electron chi connectivity index (χ3n) is 3.07. The van der Waals surface area contributed by atoms with Crippen molar-refractivity contribution in [3.63, 3.8) is 0 Å². The zero-order chi connectivity index (χ0) is 14.1. The van der Waals surface area contributed by atoms with E-state index in [1.807, 2.05) is 0 Å². The first-order valence-electron chi connectivity index (χ1n) is 6.39. The molecule has 1 aliphatic rings. The summed E-state index contributed by atoms with van der Waals surface area (Å²) < 4.78 is 0. The first-order valence-corrected chi connectivity index (χ1v) is 7.54. The van der Waals surface area contributed by atoms with E-state index >= 15 is 0 Å². The number of hydrogen-bond donors (Lipinski definition) is 2. The number of nitrogens with one attached hydrogen (secondary N) is 1. The molecular weight excluding hydrogens is 264 g/mol. The molecule has 106 valence electrons. The molecule has 1 aliphatic heterocycles. The summed E-state index contributed by atoms with van der Waals surface area (Å²) in [6.45, 7) is 1.89. The lowest BCUT2D eigenvalue weighted by Gasteiger charge is -2.31. The number of piperidine rings is 1. The Balaban J connectivity index is 2.15. The molecule has 0 aromatic heterocycles. The first kappa shape index (κ1) is 15.7. The number of rotatable bonds is 6. The molecule has 0 spiro atoms. The second-order valence-corrected chi connectivity index (χ2v) is 5.62. The predicted octanol–water partition coefficient (Wildman–Crippen LogP) is 1.25. The summed E-state index contributed by atoms with van der Waals surface area (Å²) in [5.74, 6) is 3.45. The maximum absolute atomic E-state index is 11.8. The minimum absolute atomic E-state index is 0.0601. The molecule has 1 saturated heterocycles. The van der Waals surface area contributed by atoms with Crippen molar-refractivity contribution in [3.8, 4) is 12.3 Å². The largest absolute Gasteiger partial charge is 0.481 e. The van der Waals surface area contributed by atoms with Gasteiger partial charge >= 0.3 is 12.0 Å². The molecule has 2 amide bonds. The minimum atomic E-state index is -0.756. The summed E-state index contributed by atoms with van der Waals surface area (Å²) in [6.07, 6.45) is 6.87. The van der Waals surface area contributed by atoms with Gasteiger partial charge in [-0.3, -0.25) is 4.79 Å². The zero-order valence-corrected chi connectivity index (χ0v) is 11.7. The van der Waals surface area contributed by atoms with E-state index in [-0.39, 0.29) is 18.4 Å². The Bertz CT molecular complexity index is 346. The van der Waals surface area contributed by atoms with Crippen LogP contribution in [0.4, 0.5) is 4.79 Å². The number of carboxylic acids is 1. The van der Waals surface area contributed by atoms with Crippen molar-refractivity contribution in [1.29, 1.82) is 0 Å². The SMILES string of the molecule is C#CCSCCNC(=O)N1CCC(CC(=O)O)CC1. The summed E-state index contributed by atoms with van der Waals surface area (Å²) in [4.78, 5) is 24.2.